The lowest BCUT2D eigenvalue weighted by atomic mass is 10.1. The fourth-order valence-corrected chi connectivity index (χ4v) is 1.46. The average Bonchev–Trinajstić information content (AvgIpc) is 2.18. The van der Waals surface area contributed by atoms with Gasteiger partial charge in [0.25, 0.3) is 0 Å². The number of nitrogens with zero attached hydrogens (tertiary/aromatic N) is 1. The van der Waals surface area contributed by atoms with Gasteiger partial charge in [0.15, 0.2) is 0 Å². The van der Waals surface area contributed by atoms with Gasteiger partial charge in [0, 0.05) is 12.2 Å². The quantitative estimate of drug-likeness (QED) is 0.439. The van der Waals surface area contributed by atoms with Gasteiger partial charge in [-0.3, -0.25) is 0 Å². The van der Waals surface area contributed by atoms with Crippen molar-refractivity contribution in [3.05, 3.63) is 49.7 Å². The Bertz CT molecular complexity index is 225. The van der Waals surface area contributed by atoms with Crippen molar-refractivity contribution in [3.63, 3.8) is 0 Å². The Morgan fingerprint density at radius 2 is 2.07 bits per heavy atom. The van der Waals surface area contributed by atoms with E-state index in [1.54, 1.807) is 0 Å². The lowest BCUT2D eigenvalue weighted by Crippen LogP contribution is -2.31. The topological polar surface area (TPSA) is 3.24 Å². The molecule has 0 aromatic carbocycles. The molecule has 0 bridgehead atoms. The highest BCUT2D eigenvalue weighted by atomic mass is 15.2. The van der Waals surface area contributed by atoms with Crippen LogP contribution in [0.4, 0.5) is 0 Å². The number of likely N-dealkylation sites (N-methyl/N-ethyl adjacent to an activating group) is 1. The van der Waals surface area contributed by atoms with Crippen molar-refractivity contribution < 1.29 is 0 Å². The Kier molecular flexibility index (Phi) is 6.55. The highest BCUT2D eigenvalue weighted by molar-refractivity contribution is 5.15. The van der Waals surface area contributed by atoms with E-state index in [0.29, 0.717) is 6.04 Å². The molecule has 1 atom stereocenters. The molecular formula is C13H21N. The molecule has 0 amide bonds. The summed E-state index contributed by atoms with van der Waals surface area (Å²) in [6, 6.07) is 0.307. The standard InChI is InChI=1S/C13H21N/c1-6-10-12(5)14(9-4)13(8-3)11-7-2/h6-8,10,13H,2-3,5,9,11H2,1,4H3/b10-6-. The molecule has 0 heterocycles. The second-order valence-electron chi connectivity index (χ2n) is 3.10. The van der Waals surface area contributed by atoms with E-state index in [-0.39, 0.29) is 0 Å². The molecule has 0 N–H and O–H groups in total. The maximum absolute atomic E-state index is 4.02. The third-order valence-corrected chi connectivity index (χ3v) is 2.15. The second-order valence-corrected chi connectivity index (χ2v) is 3.10. The molecule has 14 heavy (non-hydrogen) atoms. The van der Waals surface area contributed by atoms with Crippen molar-refractivity contribution in [3.8, 4) is 0 Å². The lowest BCUT2D eigenvalue weighted by molar-refractivity contribution is 0.318. The zero-order valence-electron chi connectivity index (χ0n) is 9.37. The van der Waals surface area contributed by atoms with Crippen LogP contribution in [0.15, 0.2) is 49.7 Å². The van der Waals surface area contributed by atoms with Crippen LogP contribution in [-0.2, 0) is 0 Å². The van der Waals surface area contributed by atoms with E-state index >= 15 is 0 Å². The summed E-state index contributed by atoms with van der Waals surface area (Å²) in [5.41, 5.74) is 1.03. The van der Waals surface area contributed by atoms with Gasteiger partial charge >= 0.3 is 0 Å². The molecule has 0 radical (unpaired) electrons. The van der Waals surface area contributed by atoms with E-state index in [1.807, 2.05) is 31.2 Å². The highest BCUT2D eigenvalue weighted by Crippen LogP contribution is 2.13. The molecular weight excluding hydrogens is 170 g/mol. The largest absolute Gasteiger partial charge is 0.366 e. The first kappa shape index (κ1) is 12.8. The number of hydrogen-bond acceptors (Lipinski definition) is 1. The third-order valence-electron chi connectivity index (χ3n) is 2.15. The maximum atomic E-state index is 4.02. The fraction of sp³-hybridized carbons (Fsp3) is 0.385. The average molecular weight is 191 g/mol. The summed E-state index contributed by atoms with van der Waals surface area (Å²) < 4.78 is 0. The molecule has 0 rings (SSSR count). The van der Waals surface area contributed by atoms with Gasteiger partial charge in [0.1, 0.15) is 0 Å². The first-order valence-corrected chi connectivity index (χ1v) is 5.02. The molecule has 1 unspecified atom stereocenters. The van der Waals surface area contributed by atoms with Gasteiger partial charge in [-0.1, -0.05) is 24.8 Å². The van der Waals surface area contributed by atoms with Gasteiger partial charge in [-0.2, -0.15) is 0 Å². The lowest BCUT2D eigenvalue weighted by Gasteiger charge is -2.30. The van der Waals surface area contributed by atoms with E-state index < -0.39 is 0 Å². The molecule has 0 aliphatic carbocycles. The minimum Gasteiger partial charge on any atom is -0.366 e. The molecule has 1 nitrogen and oxygen atoms in total. The van der Waals surface area contributed by atoms with Crippen molar-refractivity contribution in [2.75, 3.05) is 6.54 Å². The van der Waals surface area contributed by atoms with Crippen molar-refractivity contribution in [1.29, 1.82) is 0 Å². The van der Waals surface area contributed by atoms with Crippen molar-refractivity contribution >= 4 is 0 Å². The van der Waals surface area contributed by atoms with E-state index in [1.165, 1.54) is 0 Å². The van der Waals surface area contributed by atoms with Crippen molar-refractivity contribution in [2.24, 2.45) is 0 Å². The first-order chi connectivity index (χ1) is 6.71. The molecule has 1 heteroatoms. The Labute approximate surface area is 88.1 Å². The van der Waals surface area contributed by atoms with E-state index in [0.717, 1.165) is 18.7 Å². The number of rotatable bonds is 7. The van der Waals surface area contributed by atoms with Gasteiger partial charge in [0.2, 0.25) is 0 Å². The third kappa shape index (κ3) is 3.65. The van der Waals surface area contributed by atoms with Crippen LogP contribution in [0.5, 0.6) is 0 Å². The molecule has 0 aromatic rings. The van der Waals surface area contributed by atoms with Crippen LogP contribution in [0.1, 0.15) is 20.3 Å². The molecule has 0 aromatic heterocycles. The van der Waals surface area contributed by atoms with Crippen LogP contribution in [0, 0.1) is 0 Å². The maximum Gasteiger partial charge on any atom is 0.0504 e. The van der Waals surface area contributed by atoms with Crippen LogP contribution in [-0.4, -0.2) is 17.5 Å². The molecule has 0 spiro atoms. The van der Waals surface area contributed by atoms with Crippen LogP contribution >= 0.6 is 0 Å². The van der Waals surface area contributed by atoms with Crippen LogP contribution < -0.4 is 0 Å². The SMILES string of the molecule is C=CCC(C=C)N(CC)C(=C)/C=C\C. The van der Waals surface area contributed by atoms with E-state index in [9.17, 15) is 0 Å². The number of allylic oxidation sites excluding steroid dienone is 2. The Morgan fingerprint density at radius 1 is 1.43 bits per heavy atom. The van der Waals surface area contributed by atoms with Crippen LogP contribution in [0.2, 0.25) is 0 Å². The number of hydrogen-bond donors (Lipinski definition) is 0. The second kappa shape index (κ2) is 7.19. The molecule has 78 valence electrons. The molecule has 0 aliphatic heterocycles. The summed E-state index contributed by atoms with van der Waals surface area (Å²) in [6.45, 7) is 16.7. The predicted octanol–water partition coefficient (Wildman–Crippen LogP) is 3.53. The van der Waals surface area contributed by atoms with Crippen molar-refractivity contribution in [1.82, 2.24) is 4.90 Å². The highest BCUT2D eigenvalue weighted by Gasteiger charge is 2.11. The zero-order chi connectivity index (χ0) is 11.0. The van der Waals surface area contributed by atoms with Gasteiger partial charge in [-0.05, 0) is 26.3 Å². The van der Waals surface area contributed by atoms with Gasteiger partial charge < -0.3 is 4.90 Å². The predicted molar refractivity (Wildman–Crippen MR) is 65.1 cm³/mol. The Balaban J connectivity index is 4.57. The van der Waals surface area contributed by atoms with E-state index in [2.05, 4.69) is 31.6 Å². The monoisotopic (exact) mass is 191 g/mol. The van der Waals surface area contributed by atoms with Gasteiger partial charge in [-0.15, -0.1) is 13.2 Å². The fourth-order valence-electron chi connectivity index (χ4n) is 1.46. The summed E-state index contributed by atoms with van der Waals surface area (Å²) in [5.74, 6) is 0. The molecule has 0 saturated heterocycles. The molecule has 0 fully saturated rings. The first-order valence-electron chi connectivity index (χ1n) is 5.02. The van der Waals surface area contributed by atoms with Crippen LogP contribution in [0.25, 0.3) is 0 Å². The van der Waals surface area contributed by atoms with Gasteiger partial charge in [-0.25, -0.2) is 0 Å². The summed E-state index contributed by atoms with van der Waals surface area (Å²) in [6.07, 6.45) is 8.79. The summed E-state index contributed by atoms with van der Waals surface area (Å²) in [4.78, 5) is 2.22. The normalized spacial score (nSPS) is 12.4. The van der Waals surface area contributed by atoms with E-state index in [4.69, 9.17) is 0 Å². The minimum absolute atomic E-state index is 0.307. The summed E-state index contributed by atoms with van der Waals surface area (Å²) in [5, 5.41) is 0. The van der Waals surface area contributed by atoms with Crippen molar-refractivity contribution in [2.45, 2.75) is 26.3 Å². The molecule has 0 saturated carbocycles. The summed E-state index contributed by atoms with van der Waals surface area (Å²) in [7, 11) is 0. The minimum atomic E-state index is 0.307. The summed E-state index contributed by atoms with van der Waals surface area (Å²) >= 11 is 0. The molecule has 0 aliphatic rings. The zero-order valence-corrected chi connectivity index (χ0v) is 9.37. The smallest absolute Gasteiger partial charge is 0.0504 e. The Hall–Kier alpha value is -1.24. The Morgan fingerprint density at radius 3 is 2.43 bits per heavy atom. The van der Waals surface area contributed by atoms with Crippen LogP contribution in [0.3, 0.4) is 0 Å². The van der Waals surface area contributed by atoms with Gasteiger partial charge in [0.05, 0.1) is 6.04 Å².